The summed E-state index contributed by atoms with van der Waals surface area (Å²) in [7, 11) is 1.68. The van der Waals surface area contributed by atoms with Crippen molar-refractivity contribution in [2.75, 3.05) is 24.8 Å². The molecule has 2 aromatic heterocycles. The maximum atomic E-state index is 12.3. The average Bonchev–Trinajstić information content (AvgIpc) is 3.37. The summed E-state index contributed by atoms with van der Waals surface area (Å²) in [4.78, 5) is 16.8. The smallest absolute Gasteiger partial charge is 0.236 e. The molecule has 0 spiro atoms. The number of nitrogens with one attached hydrogen (secondary N) is 1. The highest BCUT2D eigenvalue weighted by atomic mass is 32.2. The third-order valence-electron chi connectivity index (χ3n) is 4.20. The van der Waals surface area contributed by atoms with Crippen LogP contribution < -0.4 is 5.32 Å². The standard InChI is InChI=1S/C20H25N5O2S2/c1-3-5-15-6-8-16(9-7-15)17-12-28-19(22-17)23-18(26)13-29-20-24-21-14-25(20)10-4-11-27-2/h6-9,12,14H,3-5,10-11,13H2,1-2H3,(H,22,23,26). The third-order valence-corrected chi connectivity index (χ3v) is 5.94. The van der Waals surface area contributed by atoms with Gasteiger partial charge in [0.25, 0.3) is 0 Å². The Morgan fingerprint density at radius 2 is 2.14 bits per heavy atom. The molecule has 7 nitrogen and oxygen atoms in total. The van der Waals surface area contributed by atoms with Crippen LogP contribution >= 0.6 is 23.1 Å². The Labute approximate surface area is 178 Å². The first-order valence-electron chi connectivity index (χ1n) is 9.53. The first kappa shape index (κ1) is 21.5. The Morgan fingerprint density at radius 1 is 1.31 bits per heavy atom. The second-order valence-electron chi connectivity index (χ2n) is 6.47. The summed E-state index contributed by atoms with van der Waals surface area (Å²) < 4.78 is 7.00. The summed E-state index contributed by atoms with van der Waals surface area (Å²) in [5, 5.41) is 14.2. The molecule has 29 heavy (non-hydrogen) atoms. The van der Waals surface area contributed by atoms with E-state index in [1.165, 1.54) is 28.7 Å². The molecule has 1 aromatic carbocycles. The summed E-state index contributed by atoms with van der Waals surface area (Å²) in [5.74, 6) is 0.143. The van der Waals surface area contributed by atoms with Crippen LogP contribution in [0.25, 0.3) is 11.3 Å². The first-order chi connectivity index (χ1) is 14.2. The van der Waals surface area contributed by atoms with E-state index in [1.807, 2.05) is 9.95 Å². The van der Waals surface area contributed by atoms with Gasteiger partial charge >= 0.3 is 0 Å². The lowest BCUT2D eigenvalue weighted by Crippen LogP contribution is -2.14. The number of hydrogen-bond donors (Lipinski definition) is 1. The van der Waals surface area contributed by atoms with E-state index in [0.717, 1.165) is 42.2 Å². The molecule has 0 bridgehead atoms. The summed E-state index contributed by atoms with van der Waals surface area (Å²) in [5.41, 5.74) is 3.26. The van der Waals surface area contributed by atoms with E-state index in [4.69, 9.17) is 4.74 Å². The van der Waals surface area contributed by atoms with Gasteiger partial charge in [0.2, 0.25) is 5.91 Å². The van der Waals surface area contributed by atoms with Crippen LogP contribution in [0.3, 0.4) is 0 Å². The molecular formula is C20H25N5O2S2. The molecule has 0 aliphatic carbocycles. The van der Waals surface area contributed by atoms with Crippen molar-refractivity contribution in [1.29, 1.82) is 0 Å². The largest absolute Gasteiger partial charge is 0.385 e. The van der Waals surface area contributed by atoms with E-state index in [1.54, 1.807) is 13.4 Å². The lowest BCUT2D eigenvalue weighted by atomic mass is 10.1. The molecule has 0 saturated heterocycles. The van der Waals surface area contributed by atoms with Crippen molar-refractivity contribution < 1.29 is 9.53 Å². The van der Waals surface area contributed by atoms with E-state index in [0.29, 0.717) is 11.7 Å². The minimum Gasteiger partial charge on any atom is -0.385 e. The van der Waals surface area contributed by atoms with Gasteiger partial charge in [0, 0.05) is 31.2 Å². The lowest BCUT2D eigenvalue weighted by molar-refractivity contribution is -0.113. The SMILES string of the molecule is CCCc1ccc(-c2csc(NC(=O)CSc3nncn3CCCOC)n2)cc1. The number of aryl methyl sites for hydroxylation is 2. The number of hydrogen-bond acceptors (Lipinski definition) is 7. The van der Waals surface area contributed by atoms with E-state index in [2.05, 4.69) is 51.7 Å². The topological polar surface area (TPSA) is 81.9 Å². The number of carbonyl (C=O) groups is 1. The van der Waals surface area contributed by atoms with Gasteiger partial charge in [-0.3, -0.25) is 4.79 Å². The average molecular weight is 432 g/mol. The van der Waals surface area contributed by atoms with Gasteiger partial charge in [-0.1, -0.05) is 49.4 Å². The van der Waals surface area contributed by atoms with Crippen LogP contribution in [0, 0.1) is 0 Å². The number of amides is 1. The highest BCUT2D eigenvalue weighted by Crippen LogP contribution is 2.26. The first-order valence-corrected chi connectivity index (χ1v) is 11.4. The van der Waals surface area contributed by atoms with Gasteiger partial charge in [0.1, 0.15) is 6.33 Å². The Bertz CT molecular complexity index is 908. The fraction of sp³-hybridized carbons (Fsp3) is 0.400. The predicted molar refractivity (Wildman–Crippen MR) is 117 cm³/mol. The molecule has 0 aliphatic rings. The molecular weight excluding hydrogens is 406 g/mol. The van der Waals surface area contributed by atoms with Crippen LogP contribution in [0.15, 0.2) is 41.1 Å². The number of nitrogens with zero attached hydrogens (tertiary/aromatic N) is 4. The fourth-order valence-electron chi connectivity index (χ4n) is 2.77. The van der Waals surface area contributed by atoms with Crippen molar-refractivity contribution in [1.82, 2.24) is 19.7 Å². The third kappa shape index (κ3) is 6.38. The molecule has 1 N–H and O–H groups in total. The zero-order valence-electron chi connectivity index (χ0n) is 16.6. The van der Waals surface area contributed by atoms with Crippen LogP contribution in [0.4, 0.5) is 5.13 Å². The molecule has 0 aliphatic heterocycles. The maximum Gasteiger partial charge on any atom is 0.236 e. The number of carbonyl (C=O) groups excluding carboxylic acids is 1. The molecule has 9 heteroatoms. The quantitative estimate of drug-likeness (QED) is 0.363. The number of thioether (sulfide) groups is 1. The van der Waals surface area contributed by atoms with Crippen molar-refractivity contribution in [2.24, 2.45) is 0 Å². The summed E-state index contributed by atoms with van der Waals surface area (Å²) in [6.45, 7) is 3.61. The fourth-order valence-corrected chi connectivity index (χ4v) is 4.25. The molecule has 3 aromatic rings. The van der Waals surface area contributed by atoms with Crippen molar-refractivity contribution in [3.05, 3.63) is 41.5 Å². The van der Waals surface area contributed by atoms with E-state index in [9.17, 15) is 4.79 Å². The van der Waals surface area contributed by atoms with Gasteiger partial charge < -0.3 is 14.6 Å². The lowest BCUT2D eigenvalue weighted by Gasteiger charge is -2.05. The van der Waals surface area contributed by atoms with Crippen molar-refractivity contribution in [3.8, 4) is 11.3 Å². The second-order valence-corrected chi connectivity index (χ2v) is 8.28. The molecule has 0 radical (unpaired) electrons. The number of rotatable bonds is 11. The predicted octanol–water partition coefficient (Wildman–Crippen LogP) is 4.12. The van der Waals surface area contributed by atoms with Gasteiger partial charge in [0.05, 0.1) is 11.4 Å². The minimum atomic E-state index is -0.111. The number of anilines is 1. The normalized spacial score (nSPS) is 11.0. The minimum absolute atomic E-state index is 0.111. The van der Waals surface area contributed by atoms with Crippen LogP contribution in [0.1, 0.15) is 25.3 Å². The van der Waals surface area contributed by atoms with Gasteiger partial charge in [0.15, 0.2) is 10.3 Å². The van der Waals surface area contributed by atoms with E-state index >= 15 is 0 Å². The number of ether oxygens (including phenoxy) is 1. The molecule has 0 saturated carbocycles. The summed E-state index contributed by atoms with van der Waals surface area (Å²) in [6, 6.07) is 8.43. The van der Waals surface area contributed by atoms with Crippen LogP contribution in [0.2, 0.25) is 0 Å². The molecule has 2 heterocycles. The molecule has 3 rings (SSSR count). The molecule has 154 valence electrons. The maximum absolute atomic E-state index is 12.3. The Balaban J connectivity index is 1.51. The Hall–Kier alpha value is -2.23. The Kier molecular flexibility index (Phi) is 8.21. The second kappa shape index (κ2) is 11.1. The van der Waals surface area contributed by atoms with Gasteiger partial charge in [-0.05, 0) is 18.4 Å². The van der Waals surface area contributed by atoms with Crippen LogP contribution in [-0.2, 0) is 22.5 Å². The van der Waals surface area contributed by atoms with Crippen molar-refractivity contribution in [2.45, 2.75) is 37.9 Å². The van der Waals surface area contributed by atoms with Crippen LogP contribution in [-0.4, -0.2) is 45.1 Å². The van der Waals surface area contributed by atoms with Crippen LogP contribution in [0.5, 0.6) is 0 Å². The van der Waals surface area contributed by atoms with Gasteiger partial charge in [-0.15, -0.1) is 21.5 Å². The molecule has 1 amide bonds. The molecule has 0 atom stereocenters. The zero-order chi connectivity index (χ0) is 20.5. The highest BCUT2D eigenvalue weighted by molar-refractivity contribution is 7.99. The van der Waals surface area contributed by atoms with Crippen molar-refractivity contribution in [3.63, 3.8) is 0 Å². The molecule has 0 unspecified atom stereocenters. The number of thiazole rings is 1. The molecule has 0 fully saturated rings. The van der Waals surface area contributed by atoms with Gasteiger partial charge in [-0.25, -0.2) is 4.98 Å². The zero-order valence-corrected chi connectivity index (χ0v) is 18.3. The van der Waals surface area contributed by atoms with Crippen molar-refractivity contribution >= 4 is 34.1 Å². The van der Waals surface area contributed by atoms with E-state index < -0.39 is 0 Å². The number of benzene rings is 1. The summed E-state index contributed by atoms with van der Waals surface area (Å²) in [6.07, 6.45) is 4.76. The highest BCUT2D eigenvalue weighted by Gasteiger charge is 2.11. The number of aromatic nitrogens is 4. The summed E-state index contributed by atoms with van der Waals surface area (Å²) >= 11 is 2.79. The Morgan fingerprint density at radius 3 is 2.90 bits per heavy atom. The van der Waals surface area contributed by atoms with Gasteiger partial charge in [-0.2, -0.15) is 0 Å². The van der Waals surface area contributed by atoms with E-state index in [-0.39, 0.29) is 11.7 Å². The monoisotopic (exact) mass is 431 g/mol. The number of methoxy groups -OCH3 is 1.